The summed E-state index contributed by atoms with van der Waals surface area (Å²) in [6.07, 6.45) is 0. The molecular weight excluding hydrogens is 413 g/mol. The summed E-state index contributed by atoms with van der Waals surface area (Å²) in [5, 5.41) is 13.6. The third-order valence-electron chi connectivity index (χ3n) is 5.13. The summed E-state index contributed by atoms with van der Waals surface area (Å²) in [6.45, 7) is 3.44. The number of carbonyl (C=O) groups is 1. The number of aromatic carboxylic acids is 1. The van der Waals surface area contributed by atoms with E-state index in [4.69, 9.17) is 8.94 Å². The first-order valence-corrected chi connectivity index (χ1v) is 11.8. The molecule has 0 amide bonds. The van der Waals surface area contributed by atoms with Crippen molar-refractivity contribution in [3.05, 3.63) is 77.1 Å². The molecule has 2 aliphatic rings. The normalized spacial score (nSPS) is 13.2. The van der Waals surface area contributed by atoms with Crippen molar-refractivity contribution in [3.63, 3.8) is 0 Å². The number of hydrogen-bond donors (Lipinski definition) is 0. The number of rotatable bonds is 4. The molecule has 0 N–H and O–H groups in total. The Hall–Kier alpha value is -3.37. The van der Waals surface area contributed by atoms with Crippen LogP contribution in [-0.4, -0.2) is 26.7 Å². The highest BCUT2D eigenvalue weighted by atomic mass is 31.2. The van der Waals surface area contributed by atoms with Crippen molar-refractivity contribution in [2.24, 2.45) is 0 Å². The summed E-state index contributed by atoms with van der Waals surface area (Å²) in [5.41, 5.74) is 2.08. The van der Waals surface area contributed by atoms with Gasteiger partial charge in [-0.2, -0.15) is 0 Å². The molecule has 0 bridgehead atoms. The summed E-state index contributed by atoms with van der Waals surface area (Å²) in [5.74, 6) is -0.815. The van der Waals surface area contributed by atoms with Gasteiger partial charge in [-0.25, -0.2) is 4.58 Å². The van der Waals surface area contributed by atoms with Gasteiger partial charge in [-0.15, -0.1) is 0 Å². The zero-order valence-electron chi connectivity index (χ0n) is 17.7. The summed E-state index contributed by atoms with van der Waals surface area (Å²) < 4.78 is 28.0. The van der Waals surface area contributed by atoms with Gasteiger partial charge in [-0.1, -0.05) is 24.3 Å². The van der Waals surface area contributed by atoms with Crippen molar-refractivity contribution in [1.82, 2.24) is 4.58 Å². The van der Waals surface area contributed by atoms with Crippen molar-refractivity contribution in [1.29, 1.82) is 0 Å². The van der Waals surface area contributed by atoms with Crippen LogP contribution in [-0.2, 0) is 4.57 Å². The van der Waals surface area contributed by atoms with Crippen LogP contribution < -0.4 is 24.9 Å². The summed E-state index contributed by atoms with van der Waals surface area (Å²) in [6, 6.07) is 17.3. The van der Waals surface area contributed by atoms with Crippen molar-refractivity contribution in [2.75, 3.05) is 20.8 Å². The Bertz CT molecular complexity index is 1420. The largest absolute Gasteiger partial charge is 0.545 e. The standard InChI is InChI=1S/C24H22NO5P/c1-15-9-11-17-21(13-15)29-22-14-16(25(2)3)10-12-18(22)23(17)31(4,28)30-20-8-6-5-7-19(20)24(26)27/h5-14H,1-4H3. The maximum absolute atomic E-state index is 14.0. The molecule has 31 heavy (non-hydrogen) atoms. The number of carbonyl (C=O) groups excluding carboxylic acids is 1. The maximum Gasteiger partial charge on any atom is 0.275 e. The molecule has 0 saturated heterocycles. The van der Waals surface area contributed by atoms with Crippen molar-refractivity contribution < 1.29 is 23.4 Å². The minimum atomic E-state index is -3.54. The fourth-order valence-electron chi connectivity index (χ4n) is 3.63. The molecule has 7 heteroatoms. The first kappa shape index (κ1) is 20.9. The lowest BCUT2D eigenvalue weighted by atomic mass is 10.1. The van der Waals surface area contributed by atoms with Gasteiger partial charge in [0.2, 0.25) is 5.36 Å². The Morgan fingerprint density at radius 3 is 2.52 bits per heavy atom. The Labute approximate surface area is 179 Å². The molecule has 1 aliphatic carbocycles. The minimum Gasteiger partial charge on any atom is -0.545 e. The molecule has 0 aromatic heterocycles. The molecule has 0 spiro atoms. The van der Waals surface area contributed by atoms with Crippen molar-refractivity contribution in [2.45, 2.75) is 6.92 Å². The lowest BCUT2D eigenvalue weighted by Gasteiger charge is -2.22. The number of hydrogen-bond acceptors (Lipinski definition) is 5. The van der Waals surface area contributed by atoms with Crippen molar-refractivity contribution in [3.8, 4) is 17.1 Å². The molecule has 1 atom stereocenters. The molecular formula is C24H22NO5P. The van der Waals surface area contributed by atoms with Gasteiger partial charge in [0.25, 0.3) is 7.37 Å². The molecule has 6 nitrogen and oxygen atoms in total. The van der Waals surface area contributed by atoms with Crippen LogP contribution >= 0.6 is 7.37 Å². The van der Waals surface area contributed by atoms with Gasteiger partial charge in [0.1, 0.15) is 31.2 Å². The molecule has 158 valence electrons. The van der Waals surface area contributed by atoms with Gasteiger partial charge in [-0.3, -0.25) is 4.57 Å². The summed E-state index contributed by atoms with van der Waals surface area (Å²) in [7, 11) is 0.314. The fraction of sp³-hybridized carbons (Fsp3) is 0.167. The number of benzene rings is 3. The van der Waals surface area contributed by atoms with Crippen molar-refractivity contribution >= 4 is 29.6 Å². The molecule has 1 heterocycles. The van der Waals surface area contributed by atoms with Gasteiger partial charge in [0.05, 0.1) is 17.3 Å². The van der Waals surface area contributed by atoms with E-state index in [2.05, 4.69) is 0 Å². The van der Waals surface area contributed by atoms with Crippen LogP contribution in [0.15, 0.2) is 65.1 Å². The van der Waals surface area contributed by atoms with E-state index in [1.165, 1.54) is 18.8 Å². The molecule has 2 aromatic carbocycles. The Morgan fingerprint density at radius 1 is 1.06 bits per heavy atom. The Morgan fingerprint density at radius 2 is 1.81 bits per heavy atom. The Balaban J connectivity index is 2.02. The fourth-order valence-corrected chi connectivity index (χ4v) is 5.50. The molecule has 0 radical (unpaired) electrons. The molecule has 0 saturated carbocycles. The minimum absolute atomic E-state index is 0.00690. The smallest absolute Gasteiger partial charge is 0.275 e. The lowest BCUT2D eigenvalue weighted by Crippen LogP contribution is -2.24. The van der Waals surface area contributed by atoms with Crippen LogP contribution in [0.2, 0.25) is 0 Å². The predicted molar refractivity (Wildman–Crippen MR) is 119 cm³/mol. The van der Waals surface area contributed by atoms with E-state index in [1.54, 1.807) is 12.1 Å². The molecule has 1 unspecified atom stereocenters. The third kappa shape index (κ3) is 3.87. The average Bonchev–Trinajstić information content (AvgIpc) is 2.71. The molecule has 0 fully saturated rings. The van der Waals surface area contributed by atoms with E-state index in [1.807, 2.05) is 62.0 Å². The predicted octanol–water partition coefficient (Wildman–Crippen LogP) is 2.85. The van der Waals surface area contributed by atoms with Crippen LogP contribution in [0.25, 0.3) is 22.3 Å². The second-order valence-corrected chi connectivity index (χ2v) is 10.1. The third-order valence-corrected chi connectivity index (χ3v) is 6.97. The monoisotopic (exact) mass is 435 g/mol. The number of aryl methyl sites for hydroxylation is 1. The van der Waals surface area contributed by atoms with E-state index in [9.17, 15) is 14.5 Å². The number of carboxylic acids is 1. The zero-order valence-corrected chi connectivity index (χ0v) is 18.6. The quantitative estimate of drug-likeness (QED) is 0.280. The SMILES string of the molecule is Cc1ccc2c(P(C)(=O)Oc3ccccc3C(=O)[O-])c3ccc(=[N+](C)C)cc-3oc2c1. The van der Waals surface area contributed by atoms with Gasteiger partial charge < -0.3 is 18.8 Å². The molecule has 1 aliphatic heterocycles. The Kier molecular flexibility index (Phi) is 5.19. The highest BCUT2D eigenvalue weighted by Gasteiger charge is 2.31. The lowest BCUT2D eigenvalue weighted by molar-refractivity contribution is -0.255. The van der Waals surface area contributed by atoms with Crippen LogP contribution in [0.1, 0.15) is 15.9 Å². The maximum atomic E-state index is 14.0. The molecule has 4 rings (SSSR count). The van der Waals surface area contributed by atoms with Crippen LogP contribution in [0, 0.1) is 6.92 Å². The van der Waals surface area contributed by atoms with E-state index < -0.39 is 13.3 Å². The summed E-state index contributed by atoms with van der Waals surface area (Å²) in [4.78, 5) is 11.5. The highest BCUT2D eigenvalue weighted by molar-refractivity contribution is 7.67. The second kappa shape index (κ2) is 7.71. The topological polar surface area (TPSA) is 82.6 Å². The van der Waals surface area contributed by atoms with E-state index >= 15 is 0 Å². The zero-order chi connectivity index (χ0) is 22.3. The van der Waals surface area contributed by atoms with Crippen LogP contribution in [0.5, 0.6) is 5.75 Å². The van der Waals surface area contributed by atoms with Gasteiger partial charge >= 0.3 is 0 Å². The van der Waals surface area contributed by atoms with Crippen LogP contribution in [0.4, 0.5) is 0 Å². The summed E-state index contributed by atoms with van der Waals surface area (Å²) >= 11 is 0. The van der Waals surface area contributed by atoms with E-state index in [-0.39, 0.29) is 11.3 Å². The van der Waals surface area contributed by atoms with Crippen LogP contribution in [0.3, 0.4) is 0 Å². The number of para-hydroxylation sites is 1. The second-order valence-electron chi connectivity index (χ2n) is 7.75. The number of fused-ring (bicyclic) bond motifs is 2. The number of carboxylic acid groups (broad SMARTS) is 1. The van der Waals surface area contributed by atoms with Gasteiger partial charge in [0.15, 0.2) is 0 Å². The molecule has 2 aromatic rings. The number of nitrogens with zero attached hydrogens (tertiary/aromatic N) is 1. The van der Waals surface area contributed by atoms with E-state index in [0.29, 0.717) is 27.6 Å². The first-order valence-electron chi connectivity index (χ1n) is 9.73. The van der Waals surface area contributed by atoms with Gasteiger partial charge in [0, 0.05) is 29.2 Å². The highest BCUT2D eigenvalue weighted by Crippen LogP contribution is 2.48. The first-order chi connectivity index (χ1) is 14.7. The average molecular weight is 435 g/mol. The van der Waals surface area contributed by atoms with Gasteiger partial charge in [-0.05, 0) is 36.8 Å². The van der Waals surface area contributed by atoms with E-state index in [0.717, 1.165) is 10.9 Å².